The smallest absolute Gasteiger partial charge is 0.376 e. The van der Waals surface area contributed by atoms with Crippen LogP contribution in [0.3, 0.4) is 0 Å². The zero-order chi connectivity index (χ0) is 18.9. The van der Waals surface area contributed by atoms with Crippen molar-refractivity contribution in [1.82, 2.24) is 9.38 Å². The Bertz CT molecular complexity index is 994. The number of alkyl halides is 3. The fourth-order valence-corrected chi connectivity index (χ4v) is 2.47. The van der Waals surface area contributed by atoms with Gasteiger partial charge in [0, 0.05) is 23.0 Å². The van der Waals surface area contributed by atoms with Crippen LogP contribution in [-0.2, 0) is 0 Å². The van der Waals surface area contributed by atoms with E-state index >= 15 is 0 Å². The summed E-state index contributed by atoms with van der Waals surface area (Å²) in [5.41, 5.74) is 0.698. The van der Waals surface area contributed by atoms with Crippen molar-refractivity contribution in [2.75, 3.05) is 11.9 Å². The standard InChI is InChI=1S/C17H12F4N4O/c18-11-2-4-15-23-6-14(25(15)7-11)16(22)12-3-1-10(8-26)5-13(12)24-9-17(19,20)21/h1-8,22,24H,9H2. The van der Waals surface area contributed by atoms with Gasteiger partial charge in [-0.15, -0.1) is 0 Å². The number of imidazole rings is 1. The van der Waals surface area contributed by atoms with Crippen molar-refractivity contribution >= 4 is 23.3 Å². The molecule has 0 saturated carbocycles. The zero-order valence-corrected chi connectivity index (χ0v) is 13.1. The normalized spacial score (nSPS) is 11.5. The Kier molecular flexibility index (Phi) is 4.45. The third kappa shape index (κ3) is 3.56. The molecule has 0 amide bonds. The summed E-state index contributed by atoms with van der Waals surface area (Å²) in [4.78, 5) is 15.0. The predicted octanol–water partition coefficient (Wildman–Crippen LogP) is 3.68. The second kappa shape index (κ2) is 6.58. The van der Waals surface area contributed by atoms with Gasteiger partial charge in [-0.05, 0) is 24.3 Å². The lowest BCUT2D eigenvalue weighted by atomic mass is 10.0. The van der Waals surface area contributed by atoms with Crippen LogP contribution < -0.4 is 5.32 Å². The fourth-order valence-electron chi connectivity index (χ4n) is 2.47. The molecule has 0 spiro atoms. The predicted molar refractivity (Wildman–Crippen MR) is 87.5 cm³/mol. The number of fused-ring (bicyclic) bond motifs is 1. The molecule has 0 saturated heterocycles. The molecule has 3 rings (SSSR count). The molecule has 26 heavy (non-hydrogen) atoms. The fraction of sp³-hybridized carbons (Fsp3) is 0.118. The van der Waals surface area contributed by atoms with Crippen molar-refractivity contribution in [1.29, 1.82) is 5.41 Å². The first kappa shape index (κ1) is 17.6. The van der Waals surface area contributed by atoms with E-state index in [-0.39, 0.29) is 28.2 Å². The van der Waals surface area contributed by atoms with E-state index in [1.165, 1.54) is 40.9 Å². The van der Waals surface area contributed by atoms with Crippen LogP contribution in [0.4, 0.5) is 23.2 Å². The molecule has 134 valence electrons. The lowest BCUT2D eigenvalue weighted by Gasteiger charge is -2.15. The molecule has 2 aromatic heterocycles. The maximum atomic E-state index is 13.5. The number of carbonyl (C=O) groups excluding carboxylic acids is 1. The quantitative estimate of drug-likeness (QED) is 0.412. The van der Waals surface area contributed by atoms with Crippen LogP contribution in [0.5, 0.6) is 0 Å². The highest BCUT2D eigenvalue weighted by molar-refractivity contribution is 6.13. The average Bonchev–Trinajstić information content (AvgIpc) is 3.01. The number of anilines is 1. The molecule has 0 fully saturated rings. The third-order valence-corrected chi connectivity index (χ3v) is 3.65. The number of aromatic nitrogens is 2. The van der Waals surface area contributed by atoms with Gasteiger partial charge in [-0.25, -0.2) is 9.37 Å². The van der Waals surface area contributed by atoms with Gasteiger partial charge in [-0.3, -0.25) is 14.6 Å². The molecule has 2 N–H and O–H groups in total. The largest absolute Gasteiger partial charge is 0.405 e. The summed E-state index contributed by atoms with van der Waals surface area (Å²) in [6.45, 7) is -1.32. The molecule has 9 heteroatoms. The minimum atomic E-state index is -4.47. The number of nitrogens with one attached hydrogen (secondary N) is 2. The van der Waals surface area contributed by atoms with Gasteiger partial charge in [-0.2, -0.15) is 13.2 Å². The van der Waals surface area contributed by atoms with Crippen LogP contribution in [0.25, 0.3) is 5.65 Å². The maximum Gasteiger partial charge on any atom is 0.405 e. The first-order chi connectivity index (χ1) is 12.3. The van der Waals surface area contributed by atoms with Crippen molar-refractivity contribution in [3.8, 4) is 0 Å². The Hall–Kier alpha value is -3.23. The van der Waals surface area contributed by atoms with Crippen molar-refractivity contribution < 1.29 is 22.4 Å². The van der Waals surface area contributed by atoms with Gasteiger partial charge < -0.3 is 5.32 Å². The Morgan fingerprint density at radius 3 is 2.73 bits per heavy atom. The molecule has 3 aromatic rings. The second-order valence-corrected chi connectivity index (χ2v) is 5.49. The summed E-state index contributed by atoms with van der Waals surface area (Å²) < 4.78 is 52.5. The SMILES string of the molecule is N=C(c1ccc(C=O)cc1NCC(F)(F)F)c1cnc2ccc(F)cn12. The minimum Gasteiger partial charge on any atom is -0.376 e. The van der Waals surface area contributed by atoms with E-state index in [1.54, 1.807) is 0 Å². The summed E-state index contributed by atoms with van der Waals surface area (Å²) >= 11 is 0. The van der Waals surface area contributed by atoms with Crippen molar-refractivity contribution in [2.45, 2.75) is 6.18 Å². The number of pyridine rings is 1. The Morgan fingerprint density at radius 2 is 2.04 bits per heavy atom. The second-order valence-electron chi connectivity index (χ2n) is 5.49. The van der Waals surface area contributed by atoms with Gasteiger partial charge in [0.05, 0.1) is 17.6 Å². The monoisotopic (exact) mass is 364 g/mol. The Balaban J connectivity index is 2.05. The first-order valence-electron chi connectivity index (χ1n) is 7.40. The van der Waals surface area contributed by atoms with Crippen LogP contribution >= 0.6 is 0 Å². The lowest BCUT2D eigenvalue weighted by molar-refractivity contribution is -0.115. The lowest BCUT2D eigenvalue weighted by Crippen LogP contribution is -2.22. The molecular formula is C17H12F4N4O. The van der Waals surface area contributed by atoms with Gasteiger partial charge in [0.15, 0.2) is 0 Å². The number of rotatable bonds is 5. The highest BCUT2D eigenvalue weighted by Crippen LogP contribution is 2.24. The average molecular weight is 364 g/mol. The first-order valence-corrected chi connectivity index (χ1v) is 7.40. The highest BCUT2D eigenvalue weighted by atomic mass is 19.4. The van der Waals surface area contributed by atoms with Gasteiger partial charge in [0.2, 0.25) is 0 Å². The zero-order valence-electron chi connectivity index (χ0n) is 13.1. The van der Waals surface area contributed by atoms with Crippen LogP contribution in [-0.4, -0.2) is 34.1 Å². The number of halogens is 4. The molecular weight excluding hydrogens is 352 g/mol. The van der Waals surface area contributed by atoms with E-state index in [1.807, 2.05) is 0 Å². The summed E-state index contributed by atoms with van der Waals surface area (Å²) in [5.74, 6) is -0.545. The van der Waals surface area contributed by atoms with Crippen molar-refractivity contribution in [3.63, 3.8) is 0 Å². The Morgan fingerprint density at radius 1 is 1.27 bits per heavy atom. The number of aldehydes is 1. The van der Waals surface area contributed by atoms with Gasteiger partial charge in [0.25, 0.3) is 0 Å². The molecule has 0 radical (unpaired) electrons. The number of nitrogens with zero attached hydrogens (tertiary/aromatic N) is 2. The van der Waals surface area contributed by atoms with Crippen LogP contribution in [0, 0.1) is 11.2 Å². The summed E-state index contributed by atoms with van der Waals surface area (Å²) in [6.07, 6.45) is -1.51. The molecule has 0 unspecified atom stereocenters. The number of hydrogen-bond acceptors (Lipinski definition) is 4. The van der Waals surface area contributed by atoms with Crippen molar-refractivity contribution in [2.24, 2.45) is 0 Å². The third-order valence-electron chi connectivity index (χ3n) is 3.65. The van der Waals surface area contributed by atoms with Crippen LogP contribution in [0.2, 0.25) is 0 Å². The van der Waals surface area contributed by atoms with E-state index in [4.69, 9.17) is 5.41 Å². The number of carbonyl (C=O) groups is 1. The van der Waals surface area contributed by atoms with Crippen LogP contribution in [0.15, 0.2) is 42.7 Å². The molecule has 5 nitrogen and oxygen atoms in total. The molecule has 0 atom stereocenters. The maximum absolute atomic E-state index is 13.5. The van der Waals surface area contributed by atoms with E-state index in [0.717, 1.165) is 6.20 Å². The number of benzene rings is 1. The molecule has 1 aromatic carbocycles. The molecule has 0 aliphatic heterocycles. The van der Waals surface area contributed by atoms with E-state index in [9.17, 15) is 22.4 Å². The summed E-state index contributed by atoms with van der Waals surface area (Å²) in [6, 6.07) is 6.62. The Labute approximate surface area is 144 Å². The summed E-state index contributed by atoms with van der Waals surface area (Å²) in [5, 5.41) is 10.6. The minimum absolute atomic E-state index is 0.0247. The molecule has 2 heterocycles. The molecule has 0 bridgehead atoms. The van der Waals surface area contributed by atoms with Gasteiger partial charge in [0.1, 0.15) is 24.3 Å². The van der Waals surface area contributed by atoms with Crippen molar-refractivity contribution in [3.05, 3.63) is 65.4 Å². The van der Waals surface area contributed by atoms with Crippen LogP contribution in [0.1, 0.15) is 21.6 Å². The van der Waals surface area contributed by atoms with Gasteiger partial charge >= 0.3 is 6.18 Å². The summed E-state index contributed by atoms with van der Waals surface area (Å²) in [7, 11) is 0. The topological polar surface area (TPSA) is 70.2 Å². The molecule has 0 aliphatic carbocycles. The van der Waals surface area contributed by atoms with E-state index < -0.39 is 18.5 Å². The van der Waals surface area contributed by atoms with E-state index in [0.29, 0.717) is 11.9 Å². The van der Waals surface area contributed by atoms with Gasteiger partial charge in [-0.1, -0.05) is 6.07 Å². The van der Waals surface area contributed by atoms with E-state index in [2.05, 4.69) is 10.3 Å². The highest BCUT2D eigenvalue weighted by Gasteiger charge is 2.27. The number of hydrogen-bond donors (Lipinski definition) is 2. The molecule has 0 aliphatic rings.